The molecule has 2 aliphatic rings. The van der Waals surface area contributed by atoms with Gasteiger partial charge in [0.25, 0.3) is 0 Å². The van der Waals surface area contributed by atoms with Crippen molar-refractivity contribution in [2.75, 3.05) is 19.7 Å². The molecule has 0 bridgehead atoms. The van der Waals surface area contributed by atoms with Gasteiger partial charge in [0.05, 0.1) is 24.9 Å². The van der Waals surface area contributed by atoms with Crippen LogP contribution in [0, 0.1) is 6.92 Å². The lowest BCUT2D eigenvalue weighted by atomic mass is 10.1. The molecule has 1 aromatic rings. The Morgan fingerprint density at radius 2 is 2.35 bits per heavy atom. The Hall–Kier alpha value is -1.40. The Labute approximate surface area is 138 Å². The maximum atomic E-state index is 12.5. The molecular formula is C17H28N4O2. The van der Waals surface area contributed by atoms with Crippen molar-refractivity contribution in [3.05, 3.63) is 18.0 Å². The van der Waals surface area contributed by atoms with Gasteiger partial charge in [-0.25, -0.2) is 0 Å². The van der Waals surface area contributed by atoms with Gasteiger partial charge in [-0.05, 0) is 51.6 Å². The Morgan fingerprint density at radius 1 is 1.48 bits per heavy atom. The lowest BCUT2D eigenvalue weighted by Crippen LogP contribution is -2.49. The van der Waals surface area contributed by atoms with Gasteiger partial charge < -0.3 is 10.1 Å². The van der Waals surface area contributed by atoms with Crippen LogP contribution in [-0.4, -0.2) is 58.5 Å². The molecular weight excluding hydrogens is 292 g/mol. The minimum Gasteiger partial charge on any atom is -0.376 e. The minimum atomic E-state index is -0.0967. The van der Waals surface area contributed by atoms with Crippen LogP contribution in [0.15, 0.2) is 12.4 Å². The van der Waals surface area contributed by atoms with Crippen LogP contribution in [0.5, 0.6) is 0 Å². The van der Waals surface area contributed by atoms with E-state index in [2.05, 4.69) is 28.4 Å². The highest BCUT2D eigenvalue weighted by atomic mass is 16.5. The minimum absolute atomic E-state index is 0.0967. The third-order valence-corrected chi connectivity index (χ3v) is 4.99. The van der Waals surface area contributed by atoms with E-state index in [0.29, 0.717) is 12.6 Å². The predicted octanol–water partition coefficient (Wildman–Crippen LogP) is 1.34. The monoisotopic (exact) mass is 320 g/mol. The topological polar surface area (TPSA) is 59.4 Å². The summed E-state index contributed by atoms with van der Waals surface area (Å²) in [6, 6.07) is 0.290. The molecule has 3 atom stereocenters. The van der Waals surface area contributed by atoms with Gasteiger partial charge in [-0.1, -0.05) is 0 Å². The van der Waals surface area contributed by atoms with Gasteiger partial charge in [-0.2, -0.15) is 5.10 Å². The SMILES string of the molecule is Cc1cnn(C[C@@H]2CCCN2[C@H](C)C(=O)NC[C@@H]2CCCO2)c1. The van der Waals surface area contributed by atoms with Gasteiger partial charge in [0, 0.05) is 25.4 Å². The van der Waals surface area contributed by atoms with Crippen molar-refractivity contribution in [3.63, 3.8) is 0 Å². The quantitative estimate of drug-likeness (QED) is 0.859. The molecule has 23 heavy (non-hydrogen) atoms. The number of amides is 1. The molecule has 3 rings (SSSR count). The van der Waals surface area contributed by atoms with E-state index in [0.717, 1.165) is 45.4 Å². The van der Waals surface area contributed by atoms with Crippen molar-refractivity contribution < 1.29 is 9.53 Å². The second-order valence-electron chi connectivity index (χ2n) is 6.83. The summed E-state index contributed by atoms with van der Waals surface area (Å²) in [5.41, 5.74) is 1.18. The predicted molar refractivity (Wildman–Crippen MR) is 88.1 cm³/mol. The fraction of sp³-hybridized carbons (Fsp3) is 0.765. The third kappa shape index (κ3) is 4.12. The number of hydrogen-bond acceptors (Lipinski definition) is 4. The van der Waals surface area contributed by atoms with Crippen LogP contribution in [0.1, 0.15) is 38.2 Å². The number of aryl methyl sites for hydroxylation is 1. The molecule has 6 heteroatoms. The van der Waals surface area contributed by atoms with Gasteiger partial charge in [0.15, 0.2) is 0 Å². The number of hydrogen-bond donors (Lipinski definition) is 1. The zero-order valence-corrected chi connectivity index (χ0v) is 14.2. The van der Waals surface area contributed by atoms with Crippen LogP contribution in [-0.2, 0) is 16.1 Å². The standard InChI is InChI=1S/C17H28N4O2/c1-13-9-19-20(11-13)12-15-5-3-7-21(15)14(2)17(22)18-10-16-6-4-8-23-16/h9,11,14-16H,3-8,10,12H2,1-2H3,(H,18,22)/t14-,15+,16+/m1/s1. The highest BCUT2D eigenvalue weighted by Crippen LogP contribution is 2.22. The second kappa shape index (κ2) is 7.45. The Morgan fingerprint density at radius 3 is 3.04 bits per heavy atom. The molecule has 128 valence electrons. The van der Waals surface area contributed by atoms with Crippen LogP contribution in [0.2, 0.25) is 0 Å². The van der Waals surface area contributed by atoms with Gasteiger partial charge >= 0.3 is 0 Å². The maximum Gasteiger partial charge on any atom is 0.237 e. The number of ether oxygens (including phenoxy) is 1. The second-order valence-corrected chi connectivity index (χ2v) is 6.83. The summed E-state index contributed by atoms with van der Waals surface area (Å²) in [4.78, 5) is 14.8. The van der Waals surface area contributed by atoms with Crippen LogP contribution in [0.25, 0.3) is 0 Å². The van der Waals surface area contributed by atoms with Crippen molar-refractivity contribution in [2.45, 2.75) is 64.3 Å². The molecule has 6 nitrogen and oxygen atoms in total. The van der Waals surface area contributed by atoms with Crippen molar-refractivity contribution in [1.29, 1.82) is 0 Å². The molecule has 0 saturated carbocycles. The summed E-state index contributed by atoms with van der Waals surface area (Å²) in [6.45, 7) is 7.37. The number of rotatable bonds is 6. The number of carbonyl (C=O) groups excluding carboxylic acids is 1. The van der Waals surface area contributed by atoms with E-state index in [1.54, 1.807) is 0 Å². The molecule has 1 N–H and O–H groups in total. The van der Waals surface area contributed by atoms with Crippen molar-refractivity contribution in [1.82, 2.24) is 20.0 Å². The van der Waals surface area contributed by atoms with E-state index < -0.39 is 0 Å². The van der Waals surface area contributed by atoms with Crippen LogP contribution in [0.4, 0.5) is 0 Å². The summed E-state index contributed by atoms with van der Waals surface area (Å²) in [7, 11) is 0. The highest BCUT2D eigenvalue weighted by Gasteiger charge is 2.32. The number of likely N-dealkylation sites (tertiary alicyclic amines) is 1. The fourth-order valence-electron chi connectivity index (χ4n) is 3.66. The first-order chi connectivity index (χ1) is 11.1. The van der Waals surface area contributed by atoms with E-state index in [9.17, 15) is 4.79 Å². The van der Waals surface area contributed by atoms with Crippen molar-refractivity contribution in [3.8, 4) is 0 Å². The fourth-order valence-corrected chi connectivity index (χ4v) is 3.66. The first kappa shape index (κ1) is 16.5. The van der Waals surface area contributed by atoms with E-state index in [-0.39, 0.29) is 18.1 Å². The molecule has 0 aromatic carbocycles. The first-order valence-electron chi connectivity index (χ1n) is 8.77. The number of carbonyl (C=O) groups is 1. The van der Waals surface area contributed by atoms with Crippen LogP contribution < -0.4 is 5.32 Å². The van der Waals surface area contributed by atoms with Gasteiger partial charge in [-0.3, -0.25) is 14.4 Å². The van der Waals surface area contributed by atoms with E-state index in [1.807, 2.05) is 17.8 Å². The molecule has 2 aliphatic heterocycles. The Bertz CT molecular complexity index is 524. The smallest absolute Gasteiger partial charge is 0.237 e. The number of aromatic nitrogens is 2. The molecule has 3 heterocycles. The lowest BCUT2D eigenvalue weighted by Gasteiger charge is -2.30. The van der Waals surface area contributed by atoms with Crippen molar-refractivity contribution >= 4 is 5.91 Å². The van der Waals surface area contributed by atoms with Gasteiger partial charge in [-0.15, -0.1) is 0 Å². The molecule has 2 saturated heterocycles. The zero-order chi connectivity index (χ0) is 16.2. The molecule has 2 fully saturated rings. The zero-order valence-electron chi connectivity index (χ0n) is 14.2. The summed E-state index contributed by atoms with van der Waals surface area (Å²) >= 11 is 0. The maximum absolute atomic E-state index is 12.5. The summed E-state index contributed by atoms with van der Waals surface area (Å²) in [5.74, 6) is 0.115. The van der Waals surface area contributed by atoms with E-state index in [1.165, 1.54) is 5.56 Å². The normalized spacial score (nSPS) is 26.5. The Kier molecular flexibility index (Phi) is 5.33. The summed E-state index contributed by atoms with van der Waals surface area (Å²) < 4.78 is 7.57. The summed E-state index contributed by atoms with van der Waals surface area (Å²) in [6.07, 6.45) is 8.59. The summed E-state index contributed by atoms with van der Waals surface area (Å²) in [5, 5.41) is 7.44. The lowest BCUT2D eigenvalue weighted by molar-refractivity contribution is -0.126. The van der Waals surface area contributed by atoms with E-state index in [4.69, 9.17) is 4.74 Å². The molecule has 0 aliphatic carbocycles. The van der Waals surface area contributed by atoms with Gasteiger partial charge in [0.2, 0.25) is 5.91 Å². The molecule has 1 aromatic heterocycles. The highest BCUT2D eigenvalue weighted by molar-refractivity contribution is 5.81. The average Bonchev–Trinajstić information content (AvgIpc) is 3.27. The largest absolute Gasteiger partial charge is 0.376 e. The number of nitrogens with one attached hydrogen (secondary N) is 1. The Balaban J connectivity index is 1.52. The van der Waals surface area contributed by atoms with E-state index >= 15 is 0 Å². The van der Waals surface area contributed by atoms with Crippen LogP contribution >= 0.6 is 0 Å². The third-order valence-electron chi connectivity index (χ3n) is 4.99. The van der Waals surface area contributed by atoms with Crippen LogP contribution in [0.3, 0.4) is 0 Å². The molecule has 0 unspecified atom stereocenters. The average molecular weight is 320 g/mol. The molecule has 1 amide bonds. The first-order valence-corrected chi connectivity index (χ1v) is 8.77. The van der Waals surface area contributed by atoms with Gasteiger partial charge in [0.1, 0.15) is 0 Å². The van der Waals surface area contributed by atoms with Crippen molar-refractivity contribution in [2.24, 2.45) is 0 Å². The number of nitrogens with zero attached hydrogens (tertiary/aromatic N) is 3. The molecule has 0 radical (unpaired) electrons. The molecule has 0 spiro atoms.